The average molecular weight is 569 g/mol. The van der Waals surface area contributed by atoms with Crippen molar-refractivity contribution in [3.8, 4) is 44.8 Å². The molecule has 0 unspecified atom stereocenters. The van der Waals surface area contributed by atoms with Crippen LogP contribution in [0.4, 0.5) is 0 Å². The molecule has 44 heavy (non-hydrogen) atoms. The number of hydrogen-bond acceptors (Lipinski definition) is 4. The molecule has 0 aliphatic carbocycles. The van der Waals surface area contributed by atoms with Crippen LogP contribution < -0.4 is 0 Å². The van der Waals surface area contributed by atoms with Crippen LogP contribution in [0.15, 0.2) is 134 Å². The number of rotatable bonds is 5. The standard InChI is InChI=1S/C38H28N6/c1-25-41-37-35(21-11-23-39-37)43(25)33-19-9-7-17-31(33)29-15-5-3-13-27(29)28-14-4-6-16-30(28)32-18-8-10-20-34(32)44-26(2)42-38-36(44)22-12-24-40-38/h3-24H,1-2H3. The smallest absolute Gasteiger partial charge is 0.178 e. The SMILES string of the molecule is Cc1nc2ncccc2n1-c1ccccc1-c1ccccc1-c1ccccc1-c1ccccc1-n1c(C)nc2ncccc21. The first-order valence-corrected chi connectivity index (χ1v) is 14.7. The Morgan fingerprint density at radius 1 is 0.386 bits per heavy atom. The normalized spacial score (nSPS) is 11.4. The Morgan fingerprint density at radius 3 is 1.14 bits per heavy atom. The van der Waals surface area contributed by atoms with Gasteiger partial charge in [-0.05, 0) is 72.5 Å². The second kappa shape index (κ2) is 10.4. The number of fused-ring (bicyclic) bond motifs is 2. The van der Waals surface area contributed by atoms with Crippen LogP contribution in [-0.4, -0.2) is 29.1 Å². The van der Waals surface area contributed by atoms with Gasteiger partial charge in [0.2, 0.25) is 0 Å². The van der Waals surface area contributed by atoms with Crippen LogP contribution in [-0.2, 0) is 0 Å². The van der Waals surface area contributed by atoms with Gasteiger partial charge in [-0.25, -0.2) is 19.9 Å². The van der Waals surface area contributed by atoms with E-state index in [1.807, 2.05) is 26.0 Å². The van der Waals surface area contributed by atoms with E-state index in [0.29, 0.717) is 0 Å². The maximum absolute atomic E-state index is 4.76. The van der Waals surface area contributed by atoms with Crippen molar-refractivity contribution in [1.29, 1.82) is 0 Å². The molecule has 4 aromatic heterocycles. The number of pyridine rings is 2. The van der Waals surface area contributed by atoms with Crippen LogP contribution in [0.3, 0.4) is 0 Å². The van der Waals surface area contributed by atoms with Gasteiger partial charge >= 0.3 is 0 Å². The van der Waals surface area contributed by atoms with Gasteiger partial charge in [0.15, 0.2) is 11.3 Å². The Bertz CT molecular complexity index is 2160. The van der Waals surface area contributed by atoms with Crippen molar-refractivity contribution in [2.24, 2.45) is 0 Å². The van der Waals surface area contributed by atoms with Gasteiger partial charge in [-0.15, -0.1) is 0 Å². The monoisotopic (exact) mass is 568 g/mol. The van der Waals surface area contributed by atoms with Gasteiger partial charge in [0.25, 0.3) is 0 Å². The number of benzene rings is 4. The molecular weight excluding hydrogens is 540 g/mol. The van der Waals surface area contributed by atoms with Gasteiger partial charge in [-0.3, -0.25) is 9.13 Å². The summed E-state index contributed by atoms with van der Waals surface area (Å²) in [5.41, 5.74) is 12.4. The maximum atomic E-state index is 4.76. The van der Waals surface area contributed by atoms with Gasteiger partial charge < -0.3 is 0 Å². The minimum absolute atomic E-state index is 0.743. The second-order valence-electron chi connectivity index (χ2n) is 10.8. The third-order valence-electron chi connectivity index (χ3n) is 8.21. The van der Waals surface area contributed by atoms with E-state index in [2.05, 4.69) is 128 Å². The number of aromatic nitrogens is 6. The predicted octanol–water partition coefficient (Wildman–Crippen LogP) is 8.77. The lowest BCUT2D eigenvalue weighted by molar-refractivity contribution is 1.00. The predicted molar refractivity (Wildman–Crippen MR) is 177 cm³/mol. The first kappa shape index (κ1) is 25.8. The molecule has 0 aliphatic heterocycles. The van der Waals surface area contributed by atoms with Crippen LogP contribution in [0.5, 0.6) is 0 Å². The van der Waals surface area contributed by atoms with E-state index in [-0.39, 0.29) is 0 Å². The van der Waals surface area contributed by atoms with Gasteiger partial charge in [-0.1, -0.05) is 84.9 Å². The molecular formula is C38H28N6. The van der Waals surface area contributed by atoms with Gasteiger partial charge in [-0.2, -0.15) is 0 Å². The fraction of sp³-hybridized carbons (Fsp3) is 0.0526. The zero-order valence-electron chi connectivity index (χ0n) is 24.4. The molecule has 8 rings (SSSR count). The van der Waals surface area contributed by atoms with Crippen molar-refractivity contribution in [2.75, 3.05) is 0 Å². The Kier molecular flexibility index (Phi) is 6.12. The molecule has 0 spiro atoms. The summed E-state index contributed by atoms with van der Waals surface area (Å²) >= 11 is 0. The Morgan fingerprint density at radius 2 is 0.727 bits per heavy atom. The zero-order chi connectivity index (χ0) is 29.6. The number of nitrogens with zero attached hydrogens (tertiary/aromatic N) is 6. The number of aryl methyl sites for hydroxylation is 2. The van der Waals surface area contributed by atoms with Crippen molar-refractivity contribution in [3.05, 3.63) is 145 Å². The van der Waals surface area contributed by atoms with Crippen molar-refractivity contribution in [1.82, 2.24) is 29.1 Å². The summed E-state index contributed by atoms with van der Waals surface area (Å²) in [6, 6.07) is 42.5. The van der Waals surface area contributed by atoms with E-state index in [4.69, 9.17) is 9.97 Å². The quantitative estimate of drug-likeness (QED) is 0.208. The zero-order valence-corrected chi connectivity index (χ0v) is 24.4. The van der Waals surface area contributed by atoms with E-state index in [0.717, 1.165) is 78.7 Å². The Hall–Kier alpha value is -5.88. The number of para-hydroxylation sites is 2. The summed E-state index contributed by atoms with van der Waals surface area (Å²) in [6.45, 7) is 4.07. The molecule has 6 heteroatoms. The molecule has 0 radical (unpaired) electrons. The molecule has 0 aliphatic rings. The van der Waals surface area contributed by atoms with Gasteiger partial charge in [0.05, 0.1) is 22.4 Å². The van der Waals surface area contributed by atoms with Crippen molar-refractivity contribution >= 4 is 22.3 Å². The molecule has 0 saturated heterocycles. The maximum Gasteiger partial charge on any atom is 0.178 e. The summed E-state index contributed by atoms with van der Waals surface area (Å²) in [6.07, 6.45) is 3.58. The molecule has 4 aromatic carbocycles. The first-order valence-electron chi connectivity index (χ1n) is 14.7. The molecule has 210 valence electrons. The van der Waals surface area contributed by atoms with Gasteiger partial charge in [0.1, 0.15) is 11.6 Å². The lowest BCUT2D eigenvalue weighted by Crippen LogP contribution is -2.01. The van der Waals surface area contributed by atoms with Gasteiger partial charge in [0, 0.05) is 23.5 Å². The summed E-state index contributed by atoms with van der Waals surface area (Å²) in [4.78, 5) is 18.5. The summed E-state index contributed by atoms with van der Waals surface area (Å²) < 4.78 is 4.41. The Balaban J connectivity index is 1.35. The lowest BCUT2D eigenvalue weighted by atomic mass is 9.88. The molecule has 0 saturated carbocycles. The number of imidazole rings is 2. The van der Waals surface area contributed by atoms with Crippen LogP contribution >= 0.6 is 0 Å². The Labute approximate surface area is 255 Å². The number of hydrogen-bond donors (Lipinski definition) is 0. The summed E-state index contributed by atoms with van der Waals surface area (Å²) in [5.74, 6) is 1.80. The summed E-state index contributed by atoms with van der Waals surface area (Å²) in [7, 11) is 0. The minimum atomic E-state index is 0.743. The average Bonchev–Trinajstić information content (AvgIpc) is 3.59. The third kappa shape index (κ3) is 4.11. The molecule has 4 heterocycles. The van der Waals surface area contributed by atoms with Crippen molar-refractivity contribution < 1.29 is 0 Å². The van der Waals surface area contributed by atoms with Crippen LogP contribution in [0, 0.1) is 13.8 Å². The molecule has 0 amide bonds. The van der Waals surface area contributed by atoms with Crippen LogP contribution in [0.1, 0.15) is 11.6 Å². The molecule has 0 N–H and O–H groups in total. The highest BCUT2D eigenvalue weighted by atomic mass is 15.1. The second-order valence-corrected chi connectivity index (χ2v) is 10.8. The van der Waals surface area contributed by atoms with E-state index < -0.39 is 0 Å². The molecule has 0 fully saturated rings. The van der Waals surface area contributed by atoms with E-state index in [1.165, 1.54) is 0 Å². The highest BCUT2D eigenvalue weighted by molar-refractivity contribution is 5.95. The molecule has 0 bridgehead atoms. The molecule has 8 aromatic rings. The summed E-state index contributed by atoms with van der Waals surface area (Å²) in [5, 5.41) is 0. The lowest BCUT2D eigenvalue weighted by Gasteiger charge is -2.20. The molecule has 0 atom stereocenters. The fourth-order valence-corrected chi connectivity index (χ4v) is 6.36. The fourth-order valence-electron chi connectivity index (χ4n) is 6.36. The third-order valence-corrected chi connectivity index (χ3v) is 8.21. The molecule has 6 nitrogen and oxygen atoms in total. The first-order chi connectivity index (χ1) is 21.7. The topological polar surface area (TPSA) is 61.4 Å². The highest BCUT2D eigenvalue weighted by Crippen LogP contribution is 2.42. The van der Waals surface area contributed by atoms with Crippen molar-refractivity contribution in [2.45, 2.75) is 13.8 Å². The van der Waals surface area contributed by atoms with E-state index in [9.17, 15) is 0 Å². The van der Waals surface area contributed by atoms with E-state index in [1.54, 1.807) is 12.4 Å². The largest absolute Gasteiger partial charge is 0.294 e. The highest BCUT2D eigenvalue weighted by Gasteiger charge is 2.20. The van der Waals surface area contributed by atoms with Crippen LogP contribution in [0.25, 0.3) is 67.1 Å². The van der Waals surface area contributed by atoms with Crippen LogP contribution in [0.2, 0.25) is 0 Å². The minimum Gasteiger partial charge on any atom is -0.294 e. The van der Waals surface area contributed by atoms with Crippen molar-refractivity contribution in [3.63, 3.8) is 0 Å². The van der Waals surface area contributed by atoms with E-state index >= 15 is 0 Å².